The Morgan fingerprint density at radius 2 is 0.563 bits per heavy atom. The van der Waals surface area contributed by atoms with E-state index in [1.165, 1.54) is 141 Å². The van der Waals surface area contributed by atoms with E-state index in [4.69, 9.17) is 14.2 Å². The Hall–Kier alpha value is -3.67. The molecule has 0 saturated carbocycles. The van der Waals surface area contributed by atoms with Gasteiger partial charge in [-0.15, -0.1) is 0 Å². The maximum absolute atomic E-state index is 12.8. The van der Waals surface area contributed by atoms with Gasteiger partial charge in [0.1, 0.15) is 13.2 Å². The average Bonchev–Trinajstić information content (AvgIpc) is 3.37. The van der Waals surface area contributed by atoms with Crippen LogP contribution in [0, 0.1) is 0 Å². The molecule has 0 bridgehead atoms. The van der Waals surface area contributed by atoms with Crippen LogP contribution in [-0.4, -0.2) is 37.2 Å². The minimum absolute atomic E-state index is 0.0951. The first-order valence-corrected chi connectivity index (χ1v) is 29.7. The van der Waals surface area contributed by atoms with E-state index in [1.54, 1.807) is 0 Å². The van der Waals surface area contributed by atoms with E-state index in [1.807, 2.05) is 0 Å². The molecular formula is C65H110O6. The van der Waals surface area contributed by atoms with Gasteiger partial charge in [0, 0.05) is 19.3 Å². The predicted molar refractivity (Wildman–Crippen MR) is 307 cm³/mol. The number of esters is 3. The van der Waals surface area contributed by atoms with Gasteiger partial charge in [-0.25, -0.2) is 0 Å². The summed E-state index contributed by atoms with van der Waals surface area (Å²) < 4.78 is 16.7. The second-order valence-corrected chi connectivity index (χ2v) is 19.5. The highest BCUT2D eigenvalue weighted by molar-refractivity contribution is 5.71. The quantitative estimate of drug-likeness (QED) is 0.0261. The van der Waals surface area contributed by atoms with Gasteiger partial charge in [0.05, 0.1) is 0 Å². The fourth-order valence-corrected chi connectivity index (χ4v) is 8.13. The number of carbonyl (C=O) groups excluding carboxylic acids is 3. The molecule has 0 aliphatic heterocycles. The summed E-state index contributed by atoms with van der Waals surface area (Å²) in [4.78, 5) is 38.0. The molecule has 0 aliphatic carbocycles. The molecule has 0 aromatic rings. The Kier molecular flexibility index (Phi) is 55.9. The van der Waals surface area contributed by atoms with Gasteiger partial charge in [-0.2, -0.15) is 0 Å². The van der Waals surface area contributed by atoms with E-state index < -0.39 is 6.10 Å². The van der Waals surface area contributed by atoms with Crippen molar-refractivity contribution in [2.45, 2.75) is 284 Å². The highest BCUT2D eigenvalue weighted by Gasteiger charge is 2.19. The van der Waals surface area contributed by atoms with Gasteiger partial charge in [0.25, 0.3) is 0 Å². The summed E-state index contributed by atoms with van der Waals surface area (Å²) in [5.74, 6) is -0.961. The van der Waals surface area contributed by atoms with Crippen LogP contribution in [0.4, 0.5) is 0 Å². The highest BCUT2D eigenvalue weighted by atomic mass is 16.6. The molecule has 406 valence electrons. The number of hydrogen-bond donors (Lipinski definition) is 0. The number of ether oxygens (including phenoxy) is 3. The van der Waals surface area contributed by atoms with E-state index in [-0.39, 0.29) is 37.5 Å². The summed E-state index contributed by atoms with van der Waals surface area (Å²) in [5.41, 5.74) is 0. The lowest BCUT2D eigenvalue weighted by Gasteiger charge is -2.18. The fraction of sp³-hybridized carbons (Fsp3) is 0.708. The Balaban J connectivity index is 4.28. The second-order valence-electron chi connectivity index (χ2n) is 19.5. The van der Waals surface area contributed by atoms with Crippen molar-refractivity contribution >= 4 is 17.9 Å². The second kappa shape index (κ2) is 58.9. The van der Waals surface area contributed by atoms with Crippen LogP contribution in [0.15, 0.2) is 97.2 Å². The van der Waals surface area contributed by atoms with Crippen LogP contribution in [0.3, 0.4) is 0 Å². The number of allylic oxidation sites excluding steroid dienone is 16. The number of rotatable bonds is 53. The van der Waals surface area contributed by atoms with Crippen LogP contribution in [0.25, 0.3) is 0 Å². The molecule has 1 atom stereocenters. The van der Waals surface area contributed by atoms with Crippen molar-refractivity contribution in [2.24, 2.45) is 0 Å². The van der Waals surface area contributed by atoms with Gasteiger partial charge in [-0.3, -0.25) is 14.4 Å². The summed E-state index contributed by atoms with van der Waals surface area (Å²) >= 11 is 0. The Morgan fingerprint density at radius 3 is 0.930 bits per heavy atom. The van der Waals surface area contributed by atoms with Crippen molar-refractivity contribution < 1.29 is 28.6 Å². The third-order valence-electron chi connectivity index (χ3n) is 12.6. The van der Waals surface area contributed by atoms with Gasteiger partial charge < -0.3 is 14.2 Å². The lowest BCUT2D eigenvalue weighted by atomic mass is 10.0. The molecule has 0 heterocycles. The molecule has 6 heteroatoms. The van der Waals surface area contributed by atoms with Crippen LogP contribution < -0.4 is 0 Å². The number of unbranched alkanes of at least 4 members (excludes halogenated alkanes) is 26. The summed E-state index contributed by atoms with van der Waals surface area (Å²) in [5, 5.41) is 0. The van der Waals surface area contributed by atoms with Crippen molar-refractivity contribution in [1.29, 1.82) is 0 Å². The van der Waals surface area contributed by atoms with Crippen molar-refractivity contribution in [2.75, 3.05) is 13.2 Å². The average molecular weight is 988 g/mol. The molecular weight excluding hydrogens is 877 g/mol. The standard InChI is InChI=1S/C65H110O6/c1-4-7-10-13-16-18-20-22-24-26-28-30-32-34-36-38-40-42-44-46-49-52-55-58-64(67)70-61-62(60-69-63(66)57-54-51-48-15-12-9-6-3)71-65(68)59-56-53-50-47-45-43-41-39-37-35-33-31-29-27-25-23-21-19-17-14-11-8-5-2/h7,10,16,18,22,24,27-30,34,36,40,42,46,49,62H,4-6,8-9,11-15,17,19-21,23,25-26,31-33,35,37-39,41,43-45,47-48,50-61H2,1-3H3/b10-7-,18-16-,24-22-,29-27-,30-28-,36-34-,42-40-,49-46-. The predicted octanol–water partition coefficient (Wildman–Crippen LogP) is 20.1. The highest BCUT2D eigenvalue weighted by Crippen LogP contribution is 2.15. The molecule has 0 radical (unpaired) electrons. The minimum atomic E-state index is -0.799. The molecule has 0 amide bonds. The Bertz CT molecular complexity index is 1410. The zero-order valence-electron chi connectivity index (χ0n) is 46.5. The Labute approximate surface area is 438 Å². The van der Waals surface area contributed by atoms with Gasteiger partial charge in [0.15, 0.2) is 6.10 Å². The topological polar surface area (TPSA) is 78.9 Å². The van der Waals surface area contributed by atoms with Crippen molar-refractivity contribution in [3.05, 3.63) is 97.2 Å². The molecule has 0 aliphatic rings. The molecule has 0 rings (SSSR count). The van der Waals surface area contributed by atoms with Crippen LogP contribution in [-0.2, 0) is 28.6 Å². The third kappa shape index (κ3) is 57.1. The zero-order valence-corrected chi connectivity index (χ0v) is 46.5. The van der Waals surface area contributed by atoms with Crippen molar-refractivity contribution in [3.63, 3.8) is 0 Å². The van der Waals surface area contributed by atoms with E-state index >= 15 is 0 Å². The summed E-state index contributed by atoms with van der Waals surface area (Å²) in [6, 6.07) is 0. The molecule has 71 heavy (non-hydrogen) atoms. The molecule has 0 aromatic carbocycles. The van der Waals surface area contributed by atoms with Crippen molar-refractivity contribution in [3.8, 4) is 0 Å². The van der Waals surface area contributed by atoms with E-state index in [9.17, 15) is 14.4 Å². The first-order chi connectivity index (χ1) is 35.0. The molecule has 1 unspecified atom stereocenters. The van der Waals surface area contributed by atoms with E-state index in [2.05, 4.69) is 118 Å². The fourth-order valence-electron chi connectivity index (χ4n) is 8.13. The SMILES string of the molecule is CC/C=C\C/C=C\C/C=C\C/C=C\C/C=C\C/C=C\C/C=C\CCCC(=O)OCC(COC(=O)CCCCCCCCC)OC(=O)CCCCCCCCCCCCC/C=C\CCCCCCCCCC. The molecule has 0 aromatic heterocycles. The third-order valence-corrected chi connectivity index (χ3v) is 12.6. The maximum atomic E-state index is 12.8. The summed E-state index contributed by atoms with van der Waals surface area (Å²) in [7, 11) is 0. The van der Waals surface area contributed by atoms with Crippen LogP contribution >= 0.6 is 0 Å². The molecule has 0 fully saturated rings. The minimum Gasteiger partial charge on any atom is -0.462 e. The molecule has 0 N–H and O–H groups in total. The molecule has 6 nitrogen and oxygen atoms in total. The maximum Gasteiger partial charge on any atom is 0.306 e. The summed E-state index contributed by atoms with van der Waals surface area (Å²) in [6.07, 6.45) is 78.6. The van der Waals surface area contributed by atoms with Gasteiger partial charge in [0.2, 0.25) is 0 Å². The summed E-state index contributed by atoms with van der Waals surface area (Å²) in [6.45, 7) is 6.45. The first-order valence-electron chi connectivity index (χ1n) is 29.7. The smallest absolute Gasteiger partial charge is 0.306 e. The van der Waals surface area contributed by atoms with E-state index in [0.717, 1.165) is 89.9 Å². The normalized spacial score (nSPS) is 12.8. The lowest BCUT2D eigenvalue weighted by molar-refractivity contribution is -0.167. The number of hydrogen-bond acceptors (Lipinski definition) is 6. The Morgan fingerprint density at radius 1 is 0.296 bits per heavy atom. The van der Waals surface area contributed by atoms with Crippen LogP contribution in [0.1, 0.15) is 278 Å². The largest absolute Gasteiger partial charge is 0.462 e. The van der Waals surface area contributed by atoms with E-state index in [0.29, 0.717) is 19.3 Å². The van der Waals surface area contributed by atoms with Crippen molar-refractivity contribution in [1.82, 2.24) is 0 Å². The van der Waals surface area contributed by atoms with Gasteiger partial charge in [-0.05, 0) is 96.3 Å². The van der Waals surface area contributed by atoms with Gasteiger partial charge in [-0.1, -0.05) is 259 Å². The molecule has 0 spiro atoms. The first kappa shape index (κ1) is 67.3. The number of carbonyl (C=O) groups is 3. The molecule has 0 saturated heterocycles. The van der Waals surface area contributed by atoms with Crippen LogP contribution in [0.2, 0.25) is 0 Å². The lowest BCUT2D eigenvalue weighted by Crippen LogP contribution is -2.30. The zero-order chi connectivity index (χ0) is 51.4. The van der Waals surface area contributed by atoms with Gasteiger partial charge >= 0.3 is 17.9 Å². The van der Waals surface area contributed by atoms with Crippen LogP contribution in [0.5, 0.6) is 0 Å². The monoisotopic (exact) mass is 987 g/mol.